The number of pyridine rings is 2. The maximum Gasteiger partial charge on any atom is 0.256 e. The highest BCUT2D eigenvalue weighted by atomic mass is 19.1. The van der Waals surface area contributed by atoms with E-state index in [1.807, 2.05) is 6.92 Å². The molecule has 2 atom stereocenters. The zero-order valence-corrected chi connectivity index (χ0v) is 18.2. The van der Waals surface area contributed by atoms with Gasteiger partial charge in [-0.1, -0.05) is 0 Å². The third-order valence-electron chi connectivity index (χ3n) is 5.24. The van der Waals surface area contributed by atoms with Crippen LogP contribution in [0.5, 0.6) is 5.88 Å². The summed E-state index contributed by atoms with van der Waals surface area (Å²) in [5, 5.41) is 5.51. The Bertz CT molecular complexity index is 1190. The van der Waals surface area contributed by atoms with Crippen LogP contribution in [0.25, 0.3) is 22.6 Å². The number of alkyl halides is 1. The van der Waals surface area contributed by atoms with Crippen LogP contribution in [0.2, 0.25) is 0 Å². The van der Waals surface area contributed by atoms with Crippen molar-refractivity contribution < 1.29 is 22.7 Å². The average molecular weight is 473 g/mol. The molecule has 0 radical (unpaired) electrons. The molecule has 4 heterocycles. The number of anilines is 1. The van der Waals surface area contributed by atoms with E-state index in [9.17, 15) is 13.6 Å². The fourth-order valence-electron chi connectivity index (χ4n) is 3.48. The molecule has 3 aromatic heterocycles. The number of carbonyl (C=O) groups excluding carboxylic acids is 1. The number of piperidine rings is 1. The van der Waals surface area contributed by atoms with Crippen LogP contribution in [-0.4, -0.2) is 57.8 Å². The summed E-state index contributed by atoms with van der Waals surface area (Å²) in [5.41, 5.74) is 4.88. The van der Waals surface area contributed by atoms with Gasteiger partial charge in [0.1, 0.15) is 17.6 Å². The highest BCUT2D eigenvalue weighted by molar-refractivity contribution is 5.97. The highest BCUT2D eigenvalue weighted by Crippen LogP contribution is 2.28. The van der Waals surface area contributed by atoms with Crippen LogP contribution in [0.1, 0.15) is 23.7 Å². The van der Waals surface area contributed by atoms with Crippen LogP contribution in [0.4, 0.5) is 19.0 Å². The third kappa shape index (κ3) is 4.91. The van der Waals surface area contributed by atoms with Crippen molar-refractivity contribution in [2.45, 2.75) is 25.6 Å². The molecule has 1 aliphatic heterocycles. The molecule has 1 unspecified atom stereocenters. The molecule has 0 aliphatic carbocycles. The summed E-state index contributed by atoms with van der Waals surface area (Å²) in [5.74, 6) is -3.10. The standard InChI is InChI=1S/C22H22F3N7O2/c1-2-34-17-4-3-11(8-28-17)14-7-12(22(33)32-15-9-27-6-5-13(15)23)18(24)19(30-14)16-10-29-21(26)20(25)31-16/h3-4,7-8,10,13,15,27H,2,5-6,9H2,1H3,(H2,26,29)(H,32,33)/t13-,15?/m1/s1. The first-order chi connectivity index (χ1) is 16.4. The molecular weight excluding hydrogens is 451 g/mol. The number of nitrogens with one attached hydrogen (secondary N) is 2. The zero-order valence-electron chi connectivity index (χ0n) is 18.2. The fourth-order valence-corrected chi connectivity index (χ4v) is 3.48. The lowest BCUT2D eigenvalue weighted by molar-refractivity contribution is 0.0888. The molecular formula is C22H22F3N7O2. The van der Waals surface area contributed by atoms with Crippen molar-refractivity contribution in [1.82, 2.24) is 30.6 Å². The average Bonchev–Trinajstić information content (AvgIpc) is 2.83. The Morgan fingerprint density at radius 2 is 2.06 bits per heavy atom. The van der Waals surface area contributed by atoms with Gasteiger partial charge in [0.05, 0.1) is 30.1 Å². The zero-order chi connectivity index (χ0) is 24.2. The van der Waals surface area contributed by atoms with Gasteiger partial charge in [-0.3, -0.25) is 4.79 Å². The number of carbonyl (C=O) groups is 1. The maximum atomic E-state index is 15.5. The van der Waals surface area contributed by atoms with Gasteiger partial charge in [-0.2, -0.15) is 4.39 Å². The topological polar surface area (TPSA) is 128 Å². The van der Waals surface area contributed by atoms with Crippen LogP contribution in [0.15, 0.2) is 30.6 Å². The number of ether oxygens (including phenoxy) is 1. The summed E-state index contributed by atoms with van der Waals surface area (Å²) in [6.45, 7) is 2.92. The summed E-state index contributed by atoms with van der Waals surface area (Å²) >= 11 is 0. The summed E-state index contributed by atoms with van der Waals surface area (Å²) in [6.07, 6.45) is 1.43. The van der Waals surface area contributed by atoms with Gasteiger partial charge in [0, 0.05) is 24.4 Å². The number of aromatic nitrogens is 4. The monoisotopic (exact) mass is 473 g/mol. The largest absolute Gasteiger partial charge is 0.478 e. The van der Waals surface area contributed by atoms with Gasteiger partial charge in [0.15, 0.2) is 11.6 Å². The third-order valence-corrected chi connectivity index (χ3v) is 5.24. The van der Waals surface area contributed by atoms with Gasteiger partial charge < -0.3 is 21.1 Å². The van der Waals surface area contributed by atoms with E-state index in [4.69, 9.17) is 10.5 Å². The molecule has 0 aromatic carbocycles. The van der Waals surface area contributed by atoms with Crippen molar-refractivity contribution in [3.63, 3.8) is 0 Å². The Hall–Kier alpha value is -3.80. The van der Waals surface area contributed by atoms with Gasteiger partial charge in [0.25, 0.3) is 11.9 Å². The molecule has 1 amide bonds. The normalized spacial score (nSPS) is 17.9. The first-order valence-corrected chi connectivity index (χ1v) is 10.6. The Morgan fingerprint density at radius 1 is 1.24 bits per heavy atom. The van der Waals surface area contributed by atoms with Crippen LogP contribution in [0, 0.1) is 11.8 Å². The molecule has 4 rings (SSSR count). The predicted molar refractivity (Wildman–Crippen MR) is 118 cm³/mol. The molecule has 0 spiro atoms. The Morgan fingerprint density at radius 3 is 2.74 bits per heavy atom. The van der Waals surface area contributed by atoms with E-state index in [0.29, 0.717) is 24.6 Å². The number of nitrogen functional groups attached to an aromatic ring is 1. The van der Waals surface area contributed by atoms with Crippen molar-refractivity contribution in [2.75, 3.05) is 25.4 Å². The maximum absolute atomic E-state index is 15.5. The van der Waals surface area contributed by atoms with Crippen molar-refractivity contribution in [3.05, 3.63) is 47.9 Å². The second kappa shape index (κ2) is 10.00. The number of amides is 1. The van der Waals surface area contributed by atoms with E-state index in [1.54, 1.807) is 12.1 Å². The van der Waals surface area contributed by atoms with Crippen molar-refractivity contribution in [3.8, 4) is 28.5 Å². The lowest BCUT2D eigenvalue weighted by Crippen LogP contribution is -2.52. The van der Waals surface area contributed by atoms with Crippen molar-refractivity contribution in [2.24, 2.45) is 0 Å². The van der Waals surface area contributed by atoms with E-state index >= 15 is 4.39 Å². The molecule has 1 saturated heterocycles. The first-order valence-electron chi connectivity index (χ1n) is 10.6. The minimum Gasteiger partial charge on any atom is -0.478 e. The number of nitrogens with two attached hydrogens (primary N) is 1. The van der Waals surface area contributed by atoms with Crippen LogP contribution < -0.4 is 21.1 Å². The number of hydrogen-bond donors (Lipinski definition) is 3. The lowest BCUT2D eigenvalue weighted by atomic mass is 10.0. The first kappa shape index (κ1) is 23.4. The molecule has 0 saturated carbocycles. The van der Waals surface area contributed by atoms with Gasteiger partial charge in [0.2, 0.25) is 5.88 Å². The Labute approximate surface area is 193 Å². The number of halogens is 3. The van der Waals surface area contributed by atoms with E-state index in [0.717, 1.165) is 6.20 Å². The quantitative estimate of drug-likeness (QED) is 0.498. The summed E-state index contributed by atoms with van der Waals surface area (Å²) < 4.78 is 49.0. The molecule has 12 heteroatoms. The van der Waals surface area contributed by atoms with Crippen molar-refractivity contribution >= 4 is 11.7 Å². The van der Waals surface area contributed by atoms with E-state index in [2.05, 4.69) is 30.6 Å². The molecule has 9 nitrogen and oxygen atoms in total. The highest BCUT2D eigenvalue weighted by Gasteiger charge is 2.29. The van der Waals surface area contributed by atoms with E-state index in [1.165, 1.54) is 12.3 Å². The SMILES string of the molecule is CCOc1ccc(-c2cc(C(=O)NC3CNCC[C@H]3F)c(F)c(-c3cnc(N)c(F)n3)n2)cn1. The Kier molecular flexibility index (Phi) is 6.87. The van der Waals surface area contributed by atoms with E-state index < -0.39 is 47.0 Å². The Balaban J connectivity index is 1.78. The molecule has 34 heavy (non-hydrogen) atoms. The van der Waals surface area contributed by atoms with Crippen LogP contribution >= 0.6 is 0 Å². The van der Waals surface area contributed by atoms with Crippen LogP contribution in [0.3, 0.4) is 0 Å². The fraction of sp³-hybridized carbons (Fsp3) is 0.318. The molecule has 178 valence electrons. The smallest absolute Gasteiger partial charge is 0.256 e. The van der Waals surface area contributed by atoms with Gasteiger partial charge >= 0.3 is 0 Å². The summed E-state index contributed by atoms with van der Waals surface area (Å²) in [4.78, 5) is 28.6. The minimum atomic E-state index is -1.28. The van der Waals surface area contributed by atoms with Crippen LogP contribution in [-0.2, 0) is 0 Å². The number of nitrogens with zero attached hydrogens (tertiary/aromatic N) is 4. The predicted octanol–water partition coefficient (Wildman–Crippen LogP) is 2.29. The summed E-state index contributed by atoms with van der Waals surface area (Å²) in [7, 11) is 0. The molecule has 1 aliphatic rings. The van der Waals surface area contributed by atoms with Gasteiger partial charge in [-0.15, -0.1) is 0 Å². The second-order valence-electron chi connectivity index (χ2n) is 7.56. The van der Waals surface area contributed by atoms with Gasteiger partial charge in [-0.25, -0.2) is 28.7 Å². The number of hydrogen-bond acceptors (Lipinski definition) is 8. The molecule has 1 fully saturated rings. The molecule has 0 bridgehead atoms. The van der Waals surface area contributed by atoms with Crippen molar-refractivity contribution in [1.29, 1.82) is 0 Å². The minimum absolute atomic E-state index is 0.162. The lowest BCUT2D eigenvalue weighted by Gasteiger charge is -2.27. The van der Waals surface area contributed by atoms with Gasteiger partial charge in [-0.05, 0) is 32.0 Å². The molecule has 3 aromatic rings. The number of rotatable bonds is 6. The second-order valence-corrected chi connectivity index (χ2v) is 7.56. The van der Waals surface area contributed by atoms with E-state index in [-0.39, 0.29) is 24.4 Å². The molecule has 4 N–H and O–H groups in total. The summed E-state index contributed by atoms with van der Waals surface area (Å²) in [6, 6.07) is 3.60.